The molecule has 35 heavy (non-hydrogen) atoms. The fourth-order valence-electron chi connectivity index (χ4n) is 3.82. The van der Waals surface area contributed by atoms with Crippen LogP contribution in [0.5, 0.6) is 0 Å². The maximum Gasteiger partial charge on any atom is 0.416 e. The lowest BCUT2D eigenvalue weighted by atomic mass is 9.86. The van der Waals surface area contributed by atoms with Crippen molar-refractivity contribution in [3.63, 3.8) is 0 Å². The van der Waals surface area contributed by atoms with Gasteiger partial charge < -0.3 is 5.32 Å². The Morgan fingerprint density at radius 3 is 2.43 bits per heavy atom. The van der Waals surface area contributed by atoms with Gasteiger partial charge in [0.25, 0.3) is 0 Å². The molecule has 0 fully saturated rings. The Bertz CT molecular complexity index is 1210. The number of alkyl halides is 6. The number of amides is 1. The van der Waals surface area contributed by atoms with E-state index in [2.05, 4.69) is 5.32 Å². The highest BCUT2D eigenvalue weighted by atomic mass is 32.2. The first-order chi connectivity index (χ1) is 16.2. The SMILES string of the molecule is O=Cc1ccc2c(c1)CCCC2NC(=O)C[C@@H](NS(=O)(=O)c1cccc(C(F)(F)F)c1)C(F)(F)F. The number of hydrogen-bond donors (Lipinski definition) is 2. The Labute approximate surface area is 196 Å². The summed E-state index contributed by atoms with van der Waals surface area (Å²) < 4.78 is 106. The topological polar surface area (TPSA) is 92.3 Å². The van der Waals surface area contributed by atoms with Crippen LogP contribution in [0, 0.1) is 0 Å². The van der Waals surface area contributed by atoms with E-state index < -0.39 is 57.2 Å². The van der Waals surface area contributed by atoms with Gasteiger partial charge >= 0.3 is 12.4 Å². The zero-order valence-electron chi connectivity index (χ0n) is 17.9. The van der Waals surface area contributed by atoms with Crippen LogP contribution in [0.2, 0.25) is 0 Å². The molecule has 2 aromatic carbocycles. The predicted octanol–water partition coefficient (Wildman–Crippen LogP) is 4.31. The standard InChI is InChI=1S/C22H20F6N2O4S/c23-21(24,25)15-4-2-5-16(10-15)35(33,34)30-19(22(26,27)28)11-20(32)29-18-6-1-3-14-9-13(12-31)7-8-17(14)18/h2,4-5,7-10,12,18-19,30H,1,3,6,11H2,(H,29,32)/t18?,19-/m1/s1. The van der Waals surface area contributed by atoms with Gasteiger partial charge in [0, 0.05) is 5.56 Å². The summed E-state index contributed by atoms with van der Waals surface area (Å²) in [5, 5.41) is 2.46. The smallest absolute Gasteiger partial charge is 0.349 e. The Morgan fingerprint density at radius 1 is 1.09 bits per heavy atom. The summed E-state index contributed by atoms with van der Waals surface area (Å²) in [5.41, 5.74) is 0.472. The maximum atomic E-state index is 13.6. The Morgan fingerprint density at radius 2 is 1.80 bits per heavy atom. The molecule has 1 aliphatic rings. The number of carbonyl (C=O) groups excluding carboxylic acids is 2. The number of rotatable bonds is 7. The van der Waals surface area contributed by atoms with Gasteiger partial charge in [-0.1, -0.05) is 18.2 Å². The highest BCUT2D eigenvalue weighted by molar-refractivity contribution is 7.89. The third kappa shape index (κ3) is 6.60. The van der Waals surface area contributed by atoms with Crippen LogP contribution >= 0.6 is 0 Å². The van der Waals surface area contributed by atoms with Crippen LogP contribution in [0.25, 0.3) is 0 Å². The van der Waals surface area contributed by atoms with Crippen molar-refractivity contribution in [2.24, 2.45) is 0 Å². The molecule has 1 amide bonds. The van der Waals surface area contributed by atoms with Crippen molar-refractivity contribution in [1.82, 2.24) is 10.0 Å². The van der Waals surface area contributed by atoms with Crippen molar-refractivity contribution in [1.29, 1.82) is 0 Å². The molecule has 190 valence electrons. The summed E-state index contributed by atoms with van der Waals surface area (Å²) in [6.45, 7) is 0. The van der Waals surface area contributed by atoms with Crippen molar-refractivity contribution in [3.05, 3.63) is 64.7 Å². The molecule has 0 aromatic heterocycles. The molecular weight excluding hydrogens is 502 g/mol. The number of aldehydes is 1. The Balaban J connectivity index is 1.77. The molecular formula is C22H20F6N2O4S. The molecule has 0 bridgehead atoms. The first kappa shape index (κ1) is 26.7. The average molecular weight is 522 g/mol. The minimum atomic E-state index is -5.20. The summed E-state index contributed by atoms with van der Waals surface area (Å²) in [6.07, 6.45) is -9.14. The van der Waals surface area contributed by atoms with Gasteiger partial charge in [0.05, 0.1) is 22.9 Å². The first-order valence-electron chi connectivity index (χ1n) is 10.3. The third-order valence-electron chi connectivity index (χ3n) is 5.51. The van der Waals surface area contributed by atoms with E-state index in [1.165, 1.54) is 10.8 Å². The van der Waals surface area contributed by atoms with Crippen molar-refractivity contribution in [3.8, 4) is 0 Å². The molecule has 0 saturated heterocycles. The van der Waals surface area contributed by atoms with Gasteiger partial charge in [-0.15, -0.1) is 0 Å². The summed E-state index contributed by atoms with van der Waals surface area (Å²) >= 11 is 0. The van der Waals surface area contributed by atoms with Gasteiger partial charge in [0.2, 0.25) is 15.9 Å². The molecule has 2 N–H and O–H groups in total. The minimum absolute atomic E-state index is 0.211. The second-order valence-electron chi connectivity index (χ2n) is 8.03. The molecule has 0 heterocycles. The largest absolute Gasteiger partial charge is 0.416 e. The summed E-state index contributed by atoms with van der Waals surface area (Å²) in [6, 6.07) is 3.49. The number of hydrogen-bond acceptors (Lipinski definition) is 4. The van der Waals surface area contributed by atoms with Crippen LogP contribution in [0.3, 0.4) is 0 Å². The average Bonchev–Trinajstić information content (AvgIpc) is 2.77. The molecule has 1 aliphatic carbocycles. The van der Waals surface area contributed by atoms with Gasteiger partial charge in [-0.3, -0.25) is 9.59 Å². The lowest BCUT2D eigenvalue weighted by Gasteiger charge is -2.28. The monoisotopic (exact) mass is 522 g/mol. The van der Waals surface area contributed by atoms with E-state index in [1.54, 1.807) is 12.1 Å². The molecule has 0 spiro atoms. The van der Waals surface area contributed by atoms with Crippen LogP contribution in [-0.2, 0) is 27.4 Å². The second-order valence-corrected chi connectivity index (χ2v) is 9.75. The lowest BCUT2D eigenvalue weighted by molar-refractivity contribution is -0.158. The summed E-state index contributed by atoms with van der Waals surface area (Å²) in [5.74, 6) is -1.10. The van der Waals surface area contributed by atoms with E-state index in [1.807, 2.05) is 0 Å². The van der Waals surface area contributed by atoms with Gasteiger partial charge in [0.15, 0.2) is 0 Å². The molecule has 0 saturated carbocycles. The van der Waals surface area contributed by atoms with E-state index in [4.69, 9.17) is 0 Å². The van der Waals surface area contributed by atoms with Crippen molar-refractivity contribution >= 4 is 22.2 Å². The van der Waals surface area contributed by atoms with Gasteiger partial charge in [0.1, 0.15) is 12.3 Å². The fourth-order valence-corrected chi connectivity index (χ4v) is 5.08. The Hall–Kier alpha value is -2.93. The highest BCUT2D eigenvalue weighted by Crippen LogP contribution is 2.32. The molecule has 0 aliphatic heterocycles. The van der Waals surface area contributed by atoms with Gasteiger partial charge in [-0.2, -0.15) is 31.1 Å². The van der Waals surface area contributed by atoms with E-state index in [9.17, 15) is 44.3 Å². The van der Waals surface area contributed by atoms with Crippen molar-refractivity contribution in [2.75, 3.05) is 0 Å². The molecule has 2 aromatic rings. The molecule has 3 rings (SSSR count). The summed E-state index contributed by atoms with van der Waals surface area (Å²) in [4.78, 5) is 22.4. The first-order valence-corrected chi connectivity index (χ1v) is 11.8. The van der Waals surface area contributed by atoms with Crippen molar-refractivity contribution in [2.45, 2.75) is 55.0 Å². The molecule has 2 atom stereocenters. The Kier molecular flexibility index (Phi) is 7.60. The number of sulfonamides is 1. The number of carbonyl (C=O) groups is 2. The normalized spacial score (nSPS) is 17.4. The number of benzene rings is 2. The van der Waals surface area contributed by atoms with Crippen LogP contribution in [-0.4, -0.2) is 32.8 Å². The maximum absolute atomic E-state index is 13.6. The molecule has 0 radical (unpaired) electrons. The zero-order valence-corrected chi connectivity index (χ0v) is 18.7. The predicted molar refractivity (Wildman–Crippen MR) is 112 cm³/mol. The van der Waals surface area contributed by atoms with Crippen molar-refractivity contribution < 1.29 is 44.3 Å². The lowest BCUT2D eigenvalue weighted by Crippen LogP contribution is -2.48. The molecule has 1 unspecified atom stereocenters. The zero-order chi connectivity index (χ0) is 26.0. The van der Waals surface area contributed by atoms with E-state index in [0.29, 0.717) is 42.7 Å². The quantitative estimate of drug-likeness (QED) is 0.419. The minimum Gasteiger partial charge on any atom is -0.349 e. The van der Waals surface area contributed by atoms with Crippen LogP contribution in [0.15, 0.2) is 47.4 Å². The van der Waals surface area contributed by atoms with E-state index in [-0.39, 0.29) is 6.07 Å². The van der Waals surface area contributed by atoms with Crippen LogP contribution in [0.1, 0.15) is 52.4 Å². The third-order valence-corrected chi connectivity index (χ3v) is 6.98. The van der Waals surface area contributed by atoms with Crippen LogP contribution < -0.4 is 10.0 Å². The number of aryl methyl sites for hydroxylation is 1. The number of nitrogens with one attached hydrogen (secondary N) is 2. The number of halogens is 6. The molecule has 13 heteroatoms. The fraction of sp³-hybridized carbons (Fsp3) is 0.364. The summed E-state index contributed by atoms with van der Waals surface area (Å²) in [7, 11) is -5.04. The number of fused-ring (bicyclic) bond motifs is 1. The molecule has 6 nitrogen and oxygen atoms in total. The van der Waals surface area contributed by atoms with Crippen LogP contribution in [0.4, 0.5) is 26.3 Å². The second kappa shape index (κ2) is 9.97. The van der Waals surface area contributed by atoms with Gasteiger partial charge in [-0.25, -0.2) is 8.42 Å². The van der Waals surface area contributed by atoms with Gasteiger partial charge in [-0.05, 0) is 54.7 Å². The van der Waals surface area contributed by atoms with E-state index in [0.717, 1.165) is 17.7 Å². The van der Waals surface area contributed by atoms with E-state index >= 15 is 0 Å². The highest BCUT2D eigenvalue weighted by Gasteiger charge is 2.44.